The highest BCUT2D eigenvalue weighted by Crippen LogP contribution is 2.38. The van der Waals surface area contributed by atoms with Crippen LogP contribution in [0.2, 0.25) is 5.02 Å². The second-order valence-corrected chi connectivity index (χ2v) is 10.7. The molecule has 0 fully saturated rings. The fourth-order valence-corrected chi connectivity index (χ4v) is 4.82. The SMILES string of the molecule is Cc1cnc(C)c(N2C(=O)c3c(Cl)ccc(NS(=O)c4ccc(C(C)(C)C)cc4)c3C2=O)c1. The van der Waals surface area contributed by atoms with Crippen molar-refractivity contribution in [3.8, 4) is 0 Å². The van der Waals surface area contributed by atoms with Crippen molar-refractivity contribution in [2.75, 3.05) is 9.62 Å². The number of aryl methyl sites for hydroxylation is 2. The monoisotopic (exact) mass is 481 g/mol. The number of anilines is 2. The average molecular weight is 482 g/mol. The van der Waals surface area contributed by atoms with Gasteiger partial charge < -0.3 is 4.72 Å². The predicted molar refractivity (Wildman–Crippen MR) is 131 cm³/mol. The van der Waals surface area contributed by atoms with Crippen LogP contribution in [0.15, 0.2) is 53.6 Å². The number of imide groups is 1. The van der Waals surface area contributed by atoms with Crippen LogP contribution in [0.5, 0.6) is 0 Å². The van der Waals surface area contributed by atoms with Crippen LogP contribution in [-0.4, -0.2) is 21.0 Å². The van der Waals surface area contributed by atoms with E-state index in [4.69, 9.17) is 11.6 Å². The van der Waals surface area contributed by atoms with Gasteiger partial charge in [0.1, 0.15) is 11.0 Å². The van der Waals surface area contributed by atoms with E-state index in [1.807, 2.05) is 19.1 Å². The van der Waals surface area contributed by atoms with Crippen LogP contribution in [-0.2, 0) is 16.4 Å². The maximum absolute atomic E-state index is 13.4. The summed E-state index contributed by atoms with van der Waals surface area (Å²) in [6.07, 6.45) is 1.67. The number of pyridine rings is 1. The summed E-state index contributed by atoms with van der Waals surface area (Å²) in [6, 6.07) is 12.3. The summed E-state index contributed by atoms with van der Waals surface area (Å²) in [5, 5.41) is 0.162. The van der Waals surface area contributed by atoms with Crippen molar-refractivity contribution in [1.82, 2.24) is 4.98 Å². The normalized spacial score (nSPS) is 14.4. The first-order chi connectivity index (χ1) is 15.5. The Balaban J connectivity index is 1.71. The Labute approximate surface area is 200 Å². The highest BCUT2D eigenvalue weighted by atomic mass is 35.5. The summed E-state index contributed by atoms with van der Waals surface area (Å²) in [7, 11) is -1.65. The van der Waals surface area contributed by atoms with Gasteiger partial charge in [-0.05, 0) is 60.7 Å². The van der Waals surface area contributed by atoms with E-state index >= 15 is 0 Å². The molecule has 1 aromatic heterocycles. The standard InChI is InChI=1S/C25H24ClN3O3S/c1-14-12-20(15(2)27-13-14)29-23(30)21-18(26)10-11-19(22(21)24(29)31)28-33(32)17-8-6-16(7-9-17)25(3,4)5/h6-13,28H,1-5H3. The fraction of sp³-hybridized carbons (Fsp3) is 0.240. The van der Waals surface area contributed by atoms with Gasteiger partial charge in [0.05, 0.1) is 38.1 Å². The molecule has 1 unspecified atom stereocenters. The molecule has 3 aromatic rings. The minimum atomic E-state index is -1.65. The second-order valence-electron chi connectivity index (χ2n) is 9.05. The van der Waals surface area contributed by atoms with E-state index in [1.54, 1.807) is 37.4 Å². The number of nitrogens with one attached hydrogen (secondary N) is 1. The van der Waals surface area contributed by atoms with Gasteiger partial charge in [-0.15, -0.1) is 0 Å². The number of amides is 2. The summed E-state index contributed by atoms with van der Waals surface area (Å²) < 4.78 is 15.9. The van der Waals surface area contributed by atoms with Crippen molar-refractivity contribution in [3.63, 3.8) is 0 Å². The lowest BCUT2D eigenvalue weighted by Crippen LogP contribution is -2.30. The molecule has 6 nitrogen and oxygen atoms in total. The zero-order valence-corrected chi connectivity index (χ0v) is 20.6. The molecule has 2 heterocycles. The maximum Gasteiger partial charge on any atom is 0.268 e. The van der Waals surface area contributed by atoms with Crippen LogP contribution in [0.25, 0.3) is 0 Å². The molecule has 1 aliphatic heterocycles. The van der Waals surface area contributed by atoms with E-state index in [2.05, 4.69) is 30.5 Å². The van der Waals surface area contributed by atoms with Gasteiger partial charge in [-0.2, -0.15) is 0 Å². The predicted octanol–water partition coefficient (Wildman–Crippen LogP) is 5.58. The van der Waals surface area contributed by atoms with Crippen LogP contribution in [0, 0.1) is 13.8 Å². The molecule has 1 N–H and O–H groups in total. The number of hydrogen-bond donors (Lipinski definition) is 1. The number of rotatable bonds is 4. The second kappa shape index (κ2) is 8.39. The Bertz CT molecular complexity index is 1310. The van der Waals surface area contributed by atoms with Crippen LogP contribution < -0.4 is 9.62 Å². The van der Waals surface area contributed by atoms with Crippen molar-refractivity contribution in [3.05, 3.63) is 81.6 Å². The highest BCUT2D eigenvalue weighted by molar-refractivity contribution is 7.86. The topological polar surface area (TPSA) is 79.4 Å². The molecule has 0 spiro atoms. The molecule has 170 valence electrons. The first-order valence-electron chi connectivity index (χ1n) is 10.4. The summed E-state index contributed by atoms with van der Waals surface area (Å²) in [4.78, 5) is 32.5. The fourth-order valence-electron chi connectivity index (χ4n) is 3.71. The Kier molecular flexibility index (Phi) is 5.88. The molecule has 0 saturated carbocycles. The minimum Gasteiger partial charge on any atom is -0.300 e. The lowest BCUT2D eigenvalue weighted by molar-refractivity contribution is 0.0926. The van der Waals surface area contributed by atoms with Crippen LogP contribution >= 0.6 is 11.6 Å². The molecule has 8 heteroatoms. The lowest BCUT2D eigenvalue weighted by atomic mass is 9.87. The van der Waals surface area contributed by atoms with Crippen molar-refractivity contribution in [2.45, 2.75) is 44.9 Å². The first kappa shape index (κ1) is 23.1. The number of benzene rings is 2. The summed E-state index contributed by atoms with van der Waals surface area (Å²) >= 11 is 6.32. The molecule has 4 rings (SSSR count). The number of carbonyl (C=O) groups excluding carboxylic acids is 2. The van der Waals surface area contributed by atoms with Gasteiger partial charge in [0, 0.05) is 6.20 Å². The van der Waals surface area contributed by atoms with Crippen LogP contribution in [0.3, 0.4) is 0 Å². The Hall–Kier alpha value is -3.03. The molecule has 0 radical (unpaired) electrons. The van der Waals surface area contributed by atoms with Crippen molar-refractivity contribution in [1.29, 1.82) is 0 Å². The number of hydrogen-bond acceptors (Lipinski definition) is 4. The maximum atomic E-state index is 13.4. The Morgan fingerprint density at radius 1 is 0.970 bits per heavy atom. The van der Waals surface area contributed by atoms with Crippen molar-refractivity contribution < 1.29 is 13.8 Å². The average Bonchev–Trinajstić information content (AvgIpc) is 3.02. The molecular weight excluding hydrogens is 458 g/mol. The summed E-state index contributed by atoms with van der Waals surface area (Å²) in [6.45, 7) is 9.88. The number of carbonyl (C=O) groups is 2. The van der Waals surface area contributed by atoms with Crippen LogP contribution in [0.4, 0.5) is 11.4 Å². The highest BCUT2D eigenvalue weighted by Gasteiger charge is 2.41. The van der Waals surface area contributed by atoms with Gasteiger partial charge in [-0.1, -0.05) is 44.5 Å². The molecule has 0 saturated heterocycles. The van der Waals surface area contributed by atoms with Crippen LogP contribution in [0.1, 0.15) is 58.3 Å². The minimum absolute atomic E-state index is 0.0243. The molecule has 0 bridgehead atoms. The first-order valence-corrected chi connectivity index (χ1v) is 12.0. The number of nitrogens with zero attached hydrogens (tertiary/aromatic N) is 2. The van der Waals surface area contributed by atoms with Gasteiger partial charge in [-0.3, -0.25) is 14.6 Å². The van der Waals surface area contributed by atoms with Gasteiger partial charge >= 0.3 is 0 Å². The number of fused-ring (bicyclic) bond motifs is 1. The van der Waals surface area contributed by atoms with Gasteiger partial charge in [0.15, 0.2) is 0 Å². The zero-order valence-electron chi connectivity index (χ0n) is 19.0. The van der Waals surface area contributed by atoms with E-state index in [-0.39, 0.29) is 27.3 Å². The molecule has 2 amide bonds. The van der Waals surface area contributed by atoms with Gasteiger partial charge in [0.25, 0.3) is 11.8 Å². The number of aromatic nitrogens is 1. The van der Waals surface area contributed by atoms with E-state index in [0.29, 0.717) is 16.3 Å². The summed E-state index contributed by atoms with van der Waals surface area (Å²) in [5.41, 5.74) is 3.34. The van der Waals surface area contributed by atoms with E-state index in [1.165, 1.54) is 6.07 Å². The lowest BCUT2D eigenvalue weighted by Gasteiger charge is -2.19. The van der Waals surface area contributed by atoms with Crippen molar-refractivity contribution in [2.24, 2.45) is 0 Å². The molecular formula is C25H24ClN3O3S. The van der Waals surface area contributed by atoms with E-state index in [0.717, 1.165) is 16.0 Å². The Morgan fingerprint density at radius 2 is 1.61 bits per heavy atom. The number of halogens is 1. The smallest absolute Gasteiger partial charge is 0.268 e. The molecule has 2 aromatic carbocycles. The third-order valence-corrected chi connectivity index (χ3v) is 6.98. The molecule has 0 aliphatic carbocycles. The zero-order chi connectivity index (χ0) is 24.1. The third kappa shape index (κ3) is 4.18. The largest absolute Gasteiger partial charge is 0.300 e. The van der Waals surface area contributed by atoms with Gasteiger partial charge in [-0.25, -0.2) is 9.11 Å². The molecule has 1 atom stereocenters. The van der Waals surface area contributed by atoms with Crippen molar-refractivity contribution >= 4 is 45.8 Å². The van der Waals surface area contributed by atoms with E-state index < -0.39 is 22.8 Å². The third-order valence-electron chi connectivity index (χ3n) is 5.56. The van der Waals surface area contributed by atoms with Gasteiger partial charge in [0.2, 0.25) is 0 Å². The molecule has 33 heavy (non-hydrogen) atoms. The quantitative estimate of drug-likeness (QED) is 0.493. The summed E-state index contributed by atoms with van der Waals surface area (Å²) in [5.74, 6) is -1.06. The van der Waals surface area contributed by atoms with E-state index in [9.17, 15) is 13.8 Å². The Morgan fingerprint density at radius 3 is 2.24 bits per heavy atom. The molecule has 1 aliphatic rings.